The van der Waals surface area contributed by atoms with Gasteiger partial charge in [-0.3, -0.25) is 5.32 Å². The van der Waals surface area contributed by atoms with E-state index in [2.05, 4.69) is 31.3 Å². The fraction of sp³-hybridized carbons (Fsp3) is 0.562. The van der Waals surface area contributed by atoms with Gasteiger partial charge in [0.15, 0.2) is 0 Å². The molecule has 2 rings (SSSR count). The van der Waals surface area contributed by atoms with E-state index in [9.17, 15) is 0 Å². The predicted octanol–water partition coefficient (Wildman–Crippen LogP) is 3.22. The maximum atomic E-state index is 9.07. The quantitative estimate of drug-likeness (QED) is 0.816. The lowest BCUT2D eigenvalue weighted by Gasteiger charge is -2.15. The third kappa shape index (κ3) is 4.25. The third-order valence-electron chi connectivity index (χ3n) is 3.38. The molecule has 102 valence electrons. The molecule has 1 aromatic carbocycles. The number of nitriles is 1. The average Bonchev–Trinajstić information content (AvgIpc) is 3.22. The number of benzene rings is 1. The van der Waals surface area contributed by atoms with Crippen LogP contribution in [-0.2, 0) is 0 Å². The van der Waals surface area contributed by atoms with Crippen LogP contribution in [0, 0.1) is 11.3 Å². The van der Waals surface area contributed by atoms with Crippen LogP contribution in [0.25, 0.3) is 0 Å². The van der Waals surface area contributed by atoms with Gasteiger partial charge >= 0.3 is 0 Å². The minimum absolute atomic E-state index is 0.0845. The van der Waals surface area contributed by atoms with E-state index < -0.39 is 0 Å². The first-order chi connectivity index (χ1) is 9.20. The summed E-state index contributed by atoms with van der Waals surface area (Å²) in [5, 5.41) is 12.4. The molecule has 0 aliphatic heterocycles. The number of nitrogens with zero attached hydrogens (tertiary/aromatic N) is 1. The molecule has 1 aliphatic carbocycles. The van der Waals surface area contributed by atoms with Crippen molar-refractivity contribution in [3.8, 4) is 11.8 Å². The highest BCUT2D eigenvalue weighted by Crippen LogP contribution is 2.26. The first-order valence-electron chi connectivity index (χ1n) is 7.08. The van der Waals surface area contributed by atoms with Crippen LogP contribution < -0.4 is 10.1 Å². The fourth-order valence-corrected chi connectivity index (χ4v) is 2.10. The molecular weight excluding hydrogens is 236 g/mol. The van der Waals surface area contributed by atoms with E-state index in [1.165, 1.54) is 18.4 Å². The molecule has 0 bridgehead atoms. The number of nitrogens with one attached hydrogen (secondary N) is 1. The Morgan fingerprint density at radius 3 is 2.74 bits per heavy atom. The zero-order valence-electron chi connectivity index (χ0n) is 11.7. The summed E-state index contributed by atoms with van der Waals surface area (Å²) < 4.78 is 5.84. The molecule has 1 aliphatic rings. The summed E-state index contributed by atoms with van der Waals surface area (Å²) in [4.78, 5) is 0. The van der Waals surface area contributed by atoms with Crippen LogP contribution in [0.2, 0.25) is 0 Å². The highest BCUT2D eigenvalue weighted by molar-refractivity contribution is 5.35. The Kier molecular flexibility index (Phi) is 4.81. The molecule has 1 saturated carbocycles. The summed E-state index contributed by atoms with van der Waals surface area (Å²) in [6.07, 6.45) is 3.14. The second kappa shape index (κ2) is 6.58. The van der Waals surface area contributed by atoms with Gasteiger partial charge in [-0.1, -0.05) is 32.0 Å². The first kappa shape index (κ1) is 13.9. The highest BCUT2D eigenvalue weighted by atomic mass is 16.5. The molecule has 1 unspecified atom stereocenters. The van der Waals surface area contributed by atoms with Crippen LogP contribution in [0.5, 0.6) is 5.75 Å². The van der Waals surface area contributed by atoms with Gasteiger partial charge in [0.25, 0.3) is 0 Å². The Hall–Kier alpha value is -1.53. The van der Waals surface area contributed by atoms with E-state index in [1.54, 1.807) is 0 Å². The van der Waals surface area contributed by atoms with Crippen LogP contribution in [0.15, 0.2) is 24.3 Å². The molecule has 0 amide bonds. The molecule has 19 heavy (non-hydrogen) atoms. The summed E-state index contributed by atoms with van der Waals surface area (Å²) >= 11 is 0. The SMILES string of the molecule is CC(C)c1ccccc1OCCC(C#N)NC1CC1. The lowest BCUT2D eigenvalue weighted by atomic mass is 10.0. The highest BCUT2D eigenvalue weighted by Gasteiger charge is 2.24. The topological polar surface area (TPSA) is 45.0 Å². The minimum atomic E-state index is -0.0845. The number of rotatable bonds is 7. The second-order valence-corrected chi connectivity index (χ2v) is 5.45. The molecular formula is C16H22N2O. The van der Waals surface area contributed by atoms with Gasteiger partial charge in [-0.05, 0) is 30.4 Å². The number of hydrogen-bond donors (Lipinski definition) is 1. The Balaban J connectivity index is 1.83. The molecule has 0 heterocycles. The van der Waals surface area contributed by atoms with Gasteiger partial charge in [-0.2, -0.15) is 5.26 Å². The Morgan fingerprint density at radius 1 is 1.37 bits per heavy atom. The number of hydrogen-bond acceptors (Lipinski definition) is 3. The van der Waals surface area contributed by atoms with Crippen LogP contribution in [0.3, 0.4) is 0 Å². The summed E-state index contributed by atoms with van der Waals surface area (Å²) in [5.41, 5.74) is 1.23. The van der Waals surface area contributed by atoms with Crippen molar-refractivity contribution in [2.45, 2.75) is 51.1 Å². The molecule has 0 saturated heterocycles. The van der Waals surface area contributed by atoms with Gasteiger partial charge in [-0.25, -0.2) is 0 Å². The molecule has 0 aromatic heterocycles. The summed E-state index contributed by atoms with van der Waals surface area (Å²) in [6, 6.07) is 10.9. The normalized spacial score (nSPS) is 16.1. The van der Waals surface area contributed by atoms with Crippen molar-refractivity contribution in [2.24, 2.45) is 0 Å². The van der Waals surface area contributed by atoms with Crippen molar-refractivity contribution < 1.29 is 4.74 Å². The van der Waals surface area contributed by atoms with E-state index in [4.69, 9.17) is 10.00 Å². The minimum Gasteiger partial charge on any atom is -0.493 e. The zero-order chi connectivity index (χ0) is 13.7. The molecule has 1 aromatic rings. The van der Waals surface area contributed by atoms with Crippen molar-refractivity contribution in [2.75, 3.05) is 6.61 Å². The fourth-order valence-electron chi connectivity index (χ4n) is 2.10. The molecule has 1 atom stereocenters. The van der Waals surface area contributed by atoms with E-state index in [-0.39, 0.29) is 6.04 Å². The van der Waals surface area contributed by atoms with Gasteiger partial charge in [0, 0.05) is 12.5 Å². The van der Waals surface area contributed by atoms with Gasteiger partial charge in [0.1, 0.15) is 5.75 Å². The van der Waals surface area contributed by atoms with Crippen LogP contribution in [0.4, 0.5) is 0 Å². The summed E-state index contributed by atoms with van der Waals surface area (Å²) in [6.45, 7) is 4.91. The van der Waals surface area contributed by atoms with Gasteiger partial charge < -0.3 is 4.74 Å². The average molecular weight is 258 g/mol. The smallest absolute Gasteiger partial charge is 0.122 e. The molecule has 0 spiro atoms. The van der Waals surface area contributed by atoms with Crippen molar-refractivity contribution in [3.05, 3.63) is 29.8 Å². The maximum Gasteiger partial charge on any atom is 0.122 e. The van der Waals surface area contributed by atoms with Crippen LogP contribution in [0.1, 0.15) is 44.6 Å². The Labute approximate surface area is 115 Å². The lowest BCUT2D eigenvalue weighted by molar-refractivity contribution is 0.293. The van der Waals surface area contributed by atoms with E-state index >= 15 is 0 Å². The van der Waals surface area contributed by atoms with E-state index in [0.29, 0.717) is 18.6 Å². The molecule has 3 heteroatoms. The van der Waals surface area contributed by atoms with Gasteiger partial charge in [0.2, 0.25) is 0 Å². The molecule has 1 fully saturated rings. The predicted molar refractivity (Wildman–Crippen MR) is 76.2 cm³/mol. The molecule has 1 N–H and O–H groups in total. The van der Waals surface area contributed by atoms with Crippen molar-refractivity contribution >= 4 is 0 Å². The van der Waals surface area contributed by atoms with Crippen molar-refractivity contribution in [1.82, 2.24) is 5.32 Å². The summed E-state index contributed by atoms with van der Waals surface area (Å²) in [7, 11) is 0. The number of para-hydroxylation sites is 1. The molecule has 0 radical (unpaired) electrons. The van der Waals surface area contributed by atoms with E-state index in [0.717, 1.165) is 12.2 Å². The zero-order valence-corrected chi connectivity index (χ0v) is 11.7. The van der Waals surface area contributed by atoms with Crippen LogP contribution in [-0.4, -0.2) is 18.7 Å². The molecule has 3 nitrogen and oxygen atoms in total. The monoisotopic (exact) mass is 258 g/mol. The van der Waals surface area contributed by atoms with Crippen molar-refractivity contribution in [1.29, 1.82) is 5.26 Å². The first-order valence-corrected chi connectivity index (χ1v) is 7.08. The van der Waals surface area contributed by atoms with Gasteiger partial charge in [-0.15, -0.1) is 0 Å². The third-order valence-corrected chi connectivity index (χ3v) is 3.38. The Morgan fingerprint density at radius 2 is 2.11 bits per heavy atom. The summed E-state index contributed by atoms with van der Waals surface area (Å²) in [5.74, 6) is 1.40. The second-order valence-electron chi connectivity index (χ2n) is 5.45. The van der Waals surface area contributed by atoms with E-state index in [1.807, 2.05) is 18.2 Å². The van der Waals surface area contributed by atoms with Gasteiger partial charge in [0.05, 0.1) is 18.7 Å². The Bertz CT molecular complexity index is 446. The standard InChI is InChI=1S/C16H22N2O/c1-12(2)15-5-3-4-6-16(15)19-10-9-14(11-17)18-13-7-8-13/h3-6,12-14,18H,7-10H2,1-2H3. The van der Waals surface area contributed by atoms with Crippen molar-refractivity contribution in [3.63, 3.8) is 0 Å². The lowest BCUT2D eigenvalue weighted by Crippen LogP contribution is -2.31. The number of ether oxygens (including phenoxy) is 1. The maximum absolute atomic E-state index is 9.07. The largest absolute Gasteiger partial charge is 0.493 e. The van der Waals surface area contributed by atoms with Crippen LogP contribution >= 0.6 is 0 Å².